The molecule has 2 aliphatic rings. The number of phenolic OH excluding ortho intramolecular Hbond substituents is 1. The Hall–Kier alpha value is -8.36. The van der Waals surface area contributed by atoms with Crippen LogP contribution in [0.2, 0.25) is 0 Å². The van der Waals surface area contributed by atoms with E-state index in [1.54, 1.807) is 24.3 Å². The van der Waals surface area contributed by atoms with Crippen LogP contribution in [0.5, 0.6) is 5.75 Å². The van der Waals surface area contributed by atoms with Gasteiger partial charge in [0.15, 0.2) is 28.9 Å². The molecule has 4 atom stereocenters. The lowest BCUT2D eigenvalue weighted by Gasteiger charge is -2.19. The van der Waals surface area contributed by atoms with E-state index in [4.69, 9.17) is 15.4 Å². The van der Waals surface area contributed by atoms with Gasteiger partial charge in [-0.2, -0.15) is 0 Å². The number of carbonyl (C=O) groups is 7. The molecule has 22 nitrogen and oxygen atoms in total. The van der Waals surface area contributed by atoms with Gasteiger partial charge < -0.3 is 66.0 Å². The van der Waals surface area contributed by atoms with Crippen molar-refractivity contribution in [2.24, 2.45) is 0 Å². The van der Waals surface area contributed by atoms with Gasteiger partial charge in [0.25, 0.3) is 5.91 Å². The molecule has 0 bridgehead atoms. The monoisotopic (exact) mass is 1160 g/mol. The second-order valence-electron chi connectivity index (χ2n) is 19.0. The number of nitrogens with zero attached hydrogens (tertiary/aromatic N) is 1. The third-order valence-corrected chi connectivity index (χ3v) is 15.9. The first-order valence-electron chi connectivity index (χ1n) is 26.0. The largest absolute Gasteiger partial charge is 0.508 e. The molecule has 0 spiro atoms. The van der Waals surface area contributed by atoms with Gasteiger partial charge in [0.2, 0.25) is 11.8 Å². The molecule has 24 heteroatoms. The maximum atomic E-state index is 13.5. The molecule has 0 radical (unpaired) electrons. The maximum Gasteiger partial charge on any atom is 0.386 e. The first-order valence-corrected chi connectivity index (χ1v) is 29.1. The summed E-state index contributed by atoms with van der Waals surface area (Å²) in [5.74, 6) is -3.14. The van der Waals surface area contributed by atoms with Crippen molar-refractivity contribution < 1.29 is 72.4 Å². The summed E-state index contributed by atoms with van der Waals surface area (Å²) in [5.41, 5.74) is 9.73. The Morgan fingerprint density at radius 2 is 1.41 bits per heavy atom. The van der Waals surface area contributed by atoms with Crippen LogP contribution >= 0.6 is 18.2 Å². The highest BCUT2D eigenvalue weighted by molar-refractivity contribution is 8.54. The number of benzene rings is 5. The number of aromatic carboxylic acids is 1. The highest BCUT2D eigenvalue weighted by Crippen LogP contribution is 2.56. The number of phenols is 1. The quantitative estimate of drug-likeness (QED) is 0.00535. The van der Waals surface area contributed by atoms with E-state index in [9.17, 15) is 68.2 Å². The zero-order chi connectivity index (χ0) is 59.5. The average molecular weight is 1160 g/mol. The molecule has 82 heavy (non-hydrogen) atoms. The number of carboxylic acids is 1. The number of fused-ring (bicyclic) bond motifs is 2. The summed E-state index contributed by atoms with van der Waals surface area (Å²) in [7, 11) is 3.91. The summed E-state index contributed by atoms with van der Waals surface area (Å²) in [6.07, 6.45) is 0.665. The molecule has 0 aromatic heterocycles. The van der Waals surface area contributed by atoms with Gasteiger partial charge in [-0.15, -0.1) is 6.42 Å². The maximum absolute atomic E-state index is 13.5. The van der Waals surface area contributed by atoms with E-state index in [0.29, 0.717) is 33.5 Å². The Balaban J connectivity index is 0.886. The van der Waals surface area contributed by atoms with Crippen LogP contribution in [0.1, 0.15) is 88.9 Å². The van der Waals surface area contributed by atoms with Crippen molar-refractivity contribution in [3.8, 4) is 40.5 Å². The number of carbonyl (C=O) groups excluding carboxylic acids is 6. The van der Waals surface area contributed by atoms with Crippen molar-refractivity contribution in [2.75, 3.05) is 55.3 Å². The van der Waals surface area contributed by atoms with Gasteiger partial charge in [-0.1, -0.05) is 12.0 Å². The zero-order valence-electron chi connectivity index (χ0n) is 44.8. The predicted octanol–water partition coefficient (Wildman–Crippen LogP) is 6.54. The van der Waals surface area contributed by atoms with E-state index in [2.05, 4.69) is 32.7 Å². The second kappa shape index (κ2) is 29.9. The molecule has 3 amide bonds. The van der Waals surface area contributed by atoms with E-state index in [1.165, 1.54) is 54.6 Å². The SMILES string of the molecule is C#CCNC(=O)C(CCCCNC(=O)C(O)C(O)C(=O)CCCC(=O)c1ccc(C(=O)O)c(-c2c3ccc(=O)cc-3oc3cc(O)ccc23)c1)NC(=O)CCSP(=O)(O)OCCCC(=O)c1ccc(NNc2ccc(N(C)C)cc2)cc1. The van der Waals surface area contributed by atoms with Crippen LogP contribution in [-0.2, 0) is 28.3 Å². The summed E-state index contributed by atoms with van der Waals surface area (Å²) < 4.78 is 23.7. The lowest BCUT2D eigenvalue weighted by atomic mass is 9.88. The van der Waals surface area contributed by atoms with Gasteiger partial charge in [0, 0.05) is 97.5 Å². The number of nitrogens with one attached hydrogen (secondary N) is 5. The summed E-state index contributed by atoms with van der Waals surface area (Å²) in [6.45, 7) is -4.61. The van der Waals surface area contributed by atoms with Crippen LogP contribution in [-0.4, -0.2) is 124 Å². The van der Waals surface area contributed by atoms with E-state index in [-0.39, 0.29) is 122 Å². The number of amides is 3. The Kier molecular flexibility index (Phi) is 22.9. The molecule has 0 fully saturated rings. The number of hydrogen-bond donors (Lipinski definition) is 10. The first-order chi connectivity index (χ1) is 39.1. The number of rotatable bonds is 32. The van der Waals surface area contributed by atoms with Crippen molar-refractivity contribution in [3.63, 3.8) is 0 Å². The van der Waals surface area contributed by atoms with Crippen LogP contribution in [0.4, 0.5) is 17.1 Å². The number of aliphatic hydroxyl groups is 2. The number of aliphatic hydroxyl groups excluding tert-OH is 2. The number of anilines is 3. The number of carboxylic acid groups (broad SMARTS) is 1. The Bertz CT molecular complexity index is 3400. The van der Waals surface area contributed by atoms with E-state index in [1.807, 2.05) is 43.3 Å². The fourth-order valence-electron chi connectivity index (χ4n) is 8.46. The van der Waals surface area contributed by atoms with Gasteiger partial charge in [-0.05, 0) is 134 Å². The number of terminal acetylenes is 1. The zero-order valence-corrected chi connectivity index (χ0v) is 46.6. The second-order valence-corrected chi connectivity index (χ2v) is 23.0. The summed E-state index contributed by atoms with van der Waals surface area (Å²) >= 11 is 0.516. The van der Waals surface area contributed by atoms with Gasteiger partial charge in [-0.3, -0.25) is 33.6 Å². The Morgan fingerprint density at radius 3 is 2.10 bits per heavy atom. The molecular weight excluding hydrogens is 1100 g/mol. The number of aromatic hydroxyl groups is 1. The van der Waals surface area contributed by atoms with Crippen LogP contribution < -0.4 is 37.1 Å². The van der Waals surface area contributed by atoms with Crippen LogP contribution in [0.25, 0.3) is 33.4 Å². The minimum atomic E-state index is -4.21. The molecule has 1 aliphatic carbocycles. The van der Waals surface area contributed by atoms with Crippen molar-refractivity contribution in [3.05, 3.63) is 130 Å². The number of Topliss-reactive ketones (excluding diaryl/α,β-unsaturated/α-hetero) is 3. The smallest absolute Gasteiger partial charge is 0.386 e. The molecule has 432 valence electrons. The molecular formula is C58H63N6O16PS. The number of unbranched alkanes of at least 4 members (excludes halogenated alkanes) is 1. The molecule has 6 rings (SSSR count). The van der Waals surface area contributed by atoms with Crippen LogP contribution in [0.15, 0.2) is 112 Å². The Labute approximate surface area is 475 Å². The molecule has 1 heterocycles. The van der Waals surface area contributed by atoms with E-state index < -0.39 is 66.7 Å². The van der Waals surface area contributed by atoms with Gasteiger partial charge in [0.05, 0.1) is 30.1 Å². The minimum absolute atomic E-state index is 0.0561. The van der Waals surface area contributed by atoms with Crippen molar-refractivity contribution >= 4 is 87.3 Å². The molecule has 0 saturated heterocycles. The van der Waals surface area contributed by atoms with Crippen molar-refractivity contribution in [2.45, 2.75) is 76.0 Å². The van der Waals surface area contributed by atoms with Gasteiger partial charge in [0.1, 0.15) is 29.2 Å². The van der Waals surface area contributed by atoms with Crippen LogP contribution in [0.3, 0.4) is 0 Å². The third-order valence-electron chi connectivity index (χ3n) is 12.8. The number of hydrogen-bond acceptors (Lipinski definition) is 18. The summed E-state index contributed by atoms with van der Waals surface area (Å²) in [6, 6.07) is 25.6. The number of ketones is 3. The Morgan fingerprint density at radius 1 is 0.744 bits per heavy atom. The molecule has 10 N–H and O–H groups in total. The van der Waals surface area contributed by atoms with E-state index >= 15 is 0 Å². The van der Waals surface area contributed by atoms with Gasteiger partial charge >= 0.3 is 12.8 Å². The fourth-order valence-corrected chi connectivity index (χ4v) is 10.8. The highest BCUT2D eigenvalue weighted by atomic mass is 32.7. The first kappa shape index (κ1) is 62.8. The predicted molar refractivity (Wildman–Crippen MR) is 310 cm³/mol. The third kappa shape index (κ3) is 18.1. The number of hydrazine groups is 1. The standard InChI is InChI=1S/C58H63N6O16PS/c1-4-28-59-56(73)46(61-52(70)27-31-82-81(77,78)79-30-8-12-47(67)35-13-16-37(17-14-35)62-63-38-18-20-39(21-19-38)64(2)3)9-5-6-29-60-57(74)55(72)54(71)49(69)11-7-10-48(68)36-15-24-42(58(75)76)45(32-36)53-43-25-22-40(65)33-50(43)80-51-34-41(66)23-26-44(51)53/h1,13-26,32-34,46,54-55,62-63,65,71-72H,5-12,27-31H2,2-3H3,(H,59,73)(H,60,74)(H,61,70)(H,75,76)(H,77,78). The topological polar surface area (TPSA) is 341 Å². The van der Waals surface area contributed by atoms with E-state index in [0.717, 1.165) is 17.1 Å². The van der Waals surface area contributed by atoms with Gasteiger partial charge in [-0.25, -0.2) is 9.36 Å². The molecule has 4 aromatic carbocycles. The normalized spacial score (nSPS) is 12.9. The summed E-state index contributed by atoms with van der Waals surface area (Å²) in [4.78, 5) is 115. The van der Waals surface area contributed by atoms with Crippen molar-refractivity contribution in [1.29, 1.82) is 0 Å². The minimum Gasteiger partial charge on any atom is -0.508 e. The fraction of sp³-hybridized carbons (Fsp3) is 0.310. The summed E-state index contributed by atoms with van der Waals surface area (Å²) in [5, 5.41) is 49.2. The lowest BCUT2D eigenvalue weighted by molar-refractivity contribution is -0.144. The molecule has 0 saturated carbocycles. The van der Waals surface area contributed by atoms with Crippen LogP contribution in [0, 0.1) is 12.3 Å². The highest BCUT2D eigenvalue weighted by Gasteiger charge is 2.31. The van der Waals surface area contributed by atoms with Crippen molar-refractivity contribution in [1.82, 2.24) is 16.0 Å². The molecule has 1 aliphatic heterocycles. The molecule has 4 aromatic rings. The average Bonchev–Trinajstić information content (AvgIpc) is 2.18. The lowest BCUT2D eigenvalue weighted by Crippen LogP contribution is -2.47. The molecule has 4 unspecified atom stereocenters.